The monoisotopic (exact) mass is 211 g/mol. The zero-order valence-electron chi connectivity index (χ0n) is 9.28. The summed E-state index contributed by atoms with van der Waals surface area (Å²) in [5.74, 6) is -0.212. The molecule has 0 aliphatic rings. The van der Waals surface area contributed by atoms with E-state index in [0.29, 0.717) is 0 Å². The van der Waals surface area contributed by atoms with E-state index in [1.807, 2.05) is 7.05 Å². The Labute approximate surface area is 90.3 Å². The molecule has 0 bridgehead atoms. The molecular formula is C12H18FNO. The maximum Gasteiger partial charge on any atom is 0.123 e. The first-order valence-electron chi connectivity index (χ1n) is 5.24. The van der Waals surface area contributed by atoms with Crippen molar-refractivity contribution in [3.63, 3.8) is 0 Å². The lowest BCUT2D eigenvalue weighted by molar-refractivity contribution is 0.182. The highest BCUT2D eigenvalue weighted by Crippen LogP contribution is 2.13. The number of nitrogens with zero attached hydrogens (tertiary/aromatic N) is 1. The lowest BCUT2D eigenvalue weighted by Crippen LogP contribution is -2.19. The first-order chi connectivity index (χ1) is 7.09. The van der Waals surface area contributed by atoms with Crippen molar-refractivity contribution >= 4 is 5.69 Å². The normalized spacial score (nSPS) is 12.5. The first kappa shape index (κ1) is 12.0. The molecular weight excluding hydrogens is 193 g/mol. The number of benzene rings is 1. The molecule has 1 aromatic carbocycles. The maximum atomic E-state index is 12.7. The molecule has 0 radical (unpaired) electrons. The number of anilines is 1. The van der Waals surface area contributed by atoms with Crippen molar-refractivity contribution in [2.45, 2.75) is 25.9 Å². The minimum Gasteiger partial charge on any atom is -0.393 e. The average Bonchev–Trinajstić information content (AvgIpc) is 2.18. The number of aliphatic hydroxyl groups is 1. The Morgan fingerprint density at radius 1 is 1.33 bits per heavy atom. The van der Waals surface area contributed by atoms with Crippen molar-refractivity contribution < 1.29 is 9.50 Å². The van der Waals surface area contributed by atoms with E-state index in [2.05, 4.69) is 4.90 Å². The van der Waals surface area contributed by atoms with Gasteiger partial charge in [0.15, 0.2) is 0 Å². The minimum atomic E-state index is -0.244. The van der Waals surface area contributed by atoms with Gasteiger partial charge in [-0.15, -0.1) is 0 Å². The largest absolute Gasteiger partial charge is 0.393 e. The average molecular weight is 211 g/mol. The van der Waals surface area contributed by atoms with Gasteiger partial charge in [-0.1, -0.05) is 0 Å². The van der Waals surface area contributed by atoms with Crippen molar-refractivity contribution in [2.24, 2.45) is 0 Å². The number of hydrogen-bond donors (Lipinski definition) is 1. The van der Waals surface area contributed by atoms with Crippen LogP contribution < -0.4 is 4.90 Å². The highest BCUT2D eigenvalue weighted by atomic mass is 19.1. The molecule has 1 unspecified atom stereocenters. The summed E-state index contributed by atoms with van der Waals surface area (Å²) in [5, 5.41) is 9.10. The quantitative estimate of drug-likeness (QED) is 0.808. The number of hydrogen-bond acceptors (Lipinski definition) is 2. The van der Waals surface area contributed by atoms with E-state index in [1.54, 1.807) is 19.1 Å². The van der Waals surface area contributed by atoms with Crippen LogP contribution in [-0.2, 0) is 0 Å². The van der Waals surface area contributed by atoms with Gasteiger partial charge in [0, 0.05) is 19.3 Å². The van der Waals surface area contributed by atoms with Crippen LogP contribution in [0, 0.1) is 5.82 Å². The molecule has 0 saturated carbocycles. The van der Waals surface area contributed by atoms with Crippen LogP contribution >= 0.6 is 0 Å². The third-order valence-corrected chi connectivity index (χ3v) is 2.38. The zero-order valence-corrected chi connectivity index (χ0v) is 9.28. The van der Waals surface area contributed by atoms with Gasteiger partial charge in [-0.05, 0) is 44.0 Å². The Bertz CT molecular complexity index is 284. The molecule has 84 valence electrons. The number of aliphatic hydroxyl groups excluding tert-OH is 1. The van der Waals surface area contributed by atoms with Crippen molar-refractivity contribution in [1.82, 2.24) is 0 Å². The molecule has 1 N–H and O–H groups in total. The lowest BCUT2D eigenvalue weighted by atomic mass is 10.2. The van der Waals surface area contributed by atoms with Gasteiger partial charge in [0.05, 0.1) is 6.10 Å². The van der Waals surface area contributed by atoms with Crippen LogP contribution in [0.3, 0.4) is 0 Å². The first-order valence-corrected chi connectivity index (χ1v) is 5.24. The van der Waals surface area contributed by atoms with E-state index in [-0.39, 0.29) is 11.9 Å². The Morgan fingerprint density at radius 2 is 1.93 bits per heavy atom. The van der Waals surface area contributed by atoms with Crippen LogP contribution in [0.4, 0.5) is 10.1 Å². The van der Waals surface area contributed by atoms with Crippen molar-refractivity contribution in [1.29, 1.82) is 0 Å². The molecule has 0 spiro atoms. The highest BCUT2D eigenvalue weighted by Gasteiger charge is 2.02. The second-order valence-corrected chi connectivity index (χ2v) is 3.89. The van der Waals surface area contributed by atoms with Gasteiger partial charge < -0.3 is 10.0 Å². The van der Waals surface area contributed by atoms with Gasteiger partial charge in [0.25, 0.3) is 0 Å². The molecule has 2 nitrogen and oxygen atoms in total. The SMILES string of the molecule is CC(O)CCCN(C)c1ccc(F)cc1. The second kappa shape index (κ2) is 5.71. The van der Waals surface area contributed by atoms with E-state index in [1.165, 1.54) is 12.1 Å². The minimum absolute atomic E-state index is 0.212. The third-order valence-electron chi connectivity index (χ3n) is 2.38. The van der Waals surface area contributed by atoms with Crippen LogP contribution in [0.1, 0.15) is 19.8 Å². The van der Waals surface area contributed by atoms with E-state index in [0.717, 1.165) is 25.1 Å². The summed E-state index contributed by atoms with van der Waals surface area (Å²) < 4.78 is 12.7. The molecule has 0 heterocycles. The zero-order chi connectivity index (χ0) is 11.3. The molecule has 0 saturated heterocycles. The fraction of sp³-hybridized carbons (Fsp3) is 0.500. The Kier molecular flexibility index (Phi) is 4.56. The van der Waals surface area contributed by atoms with Crippen LogP contribution in [0.2, 0.25) is 0 Å². The molecule has 0 fully saturated rings. The summed E-state index contributed by atoms with van der Waals surface area (Å²) in [6, 6.07) is 6.44. The van der Waals surface area contributed by atoms with Gasteiger partial charge in [0.2, 0.25) is 0 Å². The highest BCUT2D eigenvalue weighted by molar-refractivity contribution is 5.45. The third kappa shape index (κ3) is 4.30. The van der Waals surface area contributed by atoms with Gasteiger partial charge in [-0.25, -0.2) is 4.39 Å². The topological polar surface area (TPSA) is 23.5 Å². The summed E-state index contributed by atoms with van der Waals surface area (Å²) >= 11 is 0. The molecule has 0 amide bonds. The summed E-state index contributed by atoms with van der Waals surface area (Å²) in [6.45, 7) is 2.66. The predicted molar refractivity (Wildman–Crippen MR) is 60.6 cm³/mol. The van der Waals surface area contributed by atoms with Crippen molar-refractivity contribution in [3.05, 3.63) is 30.1 Å². The Morgan fingerprint density at radius 3 is 2.47 bits per heavy atom. The molecule has 3 heteroatoms. The second-order valence-electron chi connectivity index (χ2n) is 3.89. The van der Waals surface area contributed by atoms with Crippen LogP contribution in [0.15, 0.2) is 24.3 Å². The van der Waals surface area contributed by atoms with Gasteiger partial charge in [-0.2, -0.15) is 0 Å². The fourth-order valence-electron chi connectivity index (χ4n) is 1.45. The summed E-state index contributed by atoms with van der Waals surface area (Å²) in [5.41, 5.74) is 1.00. The smallest absolute Gasteiger partial charge is 0.123 e. The molecule has 0 aromatic heterocycles. The molecule has 0 aliphatic carbocycles. The van der Waals surface area contributed by atoms with E-state index < -0.39 is 0 Å². The maximum absolute atomic E-state index is 12.7. The number of halogens is 1. The Balaban J connectivity index is 2.40. The van der Waals surface area contributed by atoms with Crippen LogP contribution in [0.25, 0.3) is 0 Å². The lowest BCUT2D eigenvalue weighted by Gasteiger charge is -2.19. The molecule has 0 aliphatic heterocycles. The molecule has 15 heavy (non-hydrogen) atoms. The molecule has 1 rings (SSSR count). The summed E-state index contributed by atoms with van der Waals surface area (Å²) in [7, 11) is 1.97. The van der Waals surface area contributed by atoms with Crippen molar-refractivity contribution in [2.75, 3.05) is 18.5 Å². The summed E-state index contributed by atoms with van der Waals surface area (Å²) in [6.07, 6.45) is 1.49. The number of rotatable bonds is 5. The van der Waals surface area contributed by atoms with Crippen molar-refractivity contribution in [3.8, 4) is 0 Å². The van der Waals surface area contributed by atoms with Crippen LogP contribution in [0.5, 0.6) is 0 Å². The predicted octanol–water partition coefficient (Wildman–Crippen LogP) is 2.42. The fourth-order valence-corrected chi connectivity index (χ4v) is 1.45. The van der Waals surface area contributed by atoms with E-state index >= 15 is 0 Å². The Hall–Kier alpha value is -1.09. The molecule has 1 aromatic rings. The van der Waals surface area contributed by atoms with E-state index in [9.17, 15) is 4.39 Å². The van der Waals surface area contributed by atoms with Crippen LogP contribution in [-0.4, -0.2) is 24.8 Å². The van der Waals surface area contributed by atoms with Gasteiger partial charge >= 0.3 is 0 Å². The van der Waals surface area contributed by atoms with Gasteiger partial charge in [0.1, 0.15) is 5.82 Å². The van der Waals surface area contributed by atoms with E-state index in [4.69, 9.17) is 5.11 Å². The summed E-state index contributed by atoms with van der Waals surface area (Å²) in [4.78, 5) is 2.06. The van der Waals surface area contributed by atoms with Gasteiger partial charge in [-0.3, -0.25) is 0 Å². The standard InChI is InChI=1S/C12H18FNO/c1-10(15)4-3-9-14(2)12-7-5-11(13)6-8-12/h5-8,10,15H,3-4,9H2,1-2H3. The molecule has 1 atom stereocenters.